The maximum Gasteiger partial charge on any atom is 0.267 e. The Morgan fingerprint density at radius 2 is 1.61 bits per heavy atom. The number of hydrogen-bond acceptors (Lipinski definition) is 7. The number of carbonyl (C=O) groups is 1. The third-order valence-electron chi connectivity index (χ3n) is 6.91. The van der Waals surface area contributed by atoms with Crippen molar-refractivity contribution < 1.29 is 23.1 Å². The van der Waals surface area contributed by atoms with Gasteiger partial charge < -0.3 is 20.9 Å². The van der Waals surface area contributed by atoms with Crippen molar-refractivity contribution in [3.63, 3.8) is 0 Å². The Morgan fingerprint density at radius 3 is 2.27 bits per heavy atom. The normalized spacial score (nSPS) is 14.3. The third kappa shape index (κ3) is 9.99. The highest BCUT2D eigenvalue weighted by Gasteiger charge is 2.25. The van der Waals surface area contributed by atoms with Crippen LogP contribution in [0.25, 0.3) is 11.1 Å². The van der Waals surface area contributed by atoms with Crippen molar-refractivity contribution >= 4 is 40.7 Å². The van der Waals surface area contributed by atoms with E-state index in [-0.39, 0.29) is 41.6 Å². The molecule has 11 heteroatoms. The SMILES string of the molecule is Cl.Cl.NCC(=O)NS(=O)(=O)c1ccc(-c2ccc(CCNC[C@H](O)c3ccccc3)cc2)cc1OC1CCCCC1. The van der Waals surface area contributed by atoms with E-state index in [1.165, 1.54) is 6.07 Å². The van der Waals surface area contributed by atoms with E-state index in [0.29, 0.717) is 6.54 Å². The largest absolute Gasteiger partial charge is 0.489 e. The van der Waals surface area contributed by atoms with Gasteiger partial charge in [-0.3, -0.25) is 4.79 Å². The van der Waals surface area contributed by atoms with E-state index in [1.807, 2.05) is 59.3 Å². The number of hydrogen-bond donors (Lipinski definition) is 4. The Kier molecular flexibility index (Phi) is 14.1. The van der Waals surface area contributed by atoms with Crippen LogP contribution < -0.4 is 20.5 Å². The molecule has 1 aliphatic rings. The van der Waals surface area contributed by atoms with Gasteiger partial charge in [0.25, 0.3) is 10.0 Å². The number of rotatable bonds is 12. The zero-order valence-electron chi connectivity index (χ0n) is 22.8. The number of amides is 1. The molecule has 4 rings (SSSR count). The van der Waals surface area contributed by atoms with E-state index in [9.17, 15) is 18.3 Å². The van der Waals surface area contributed by atoms with Gasteiger partial charge in [0.2, 0.25) is 5.91 Å². The molecule has 5 N–H and O–H groups in total. The fourth-order valence-corrected chi connectivity index (χ4v) is 5.85. The van der Waals surface area contributed by atoms with Crippen LogP contribution in [-0.2, 0) is 21.2 Å². The molecule has 1 amide bonds. The summed E-state index contributed by atoms with van der Waals surface area (Å²) in [5.74, 6) is -0.538. The van der Waals surface area contributed by atoms with E-state index in [4.69, 9.17) is 10.5 Å². The van der Waals surface area contributed by atoms with Gasteiger partial charge in [0.1, 0.15) is 10.6 Å². The second-order valence-electron chi connectivity index (χ2n) is 9.85. The van der Waals surface area contributed by atoms with E-state index in [1.54, 1.807) is 12.1 Å². The molecule has 41 heavy (non-hydrogen) atoms. The highest BCUT2D eigenvalue weighted by atomic mass is 35.5. The Labute approximate surface area is 254 Å². The topological polar surface area (TPSA) is 131 Å². The third-order valence-corrected chi connectivity index (χ3v) is 8.33. The second kappa shape index (κ2) is 16.7. The van der Waals surface area contributed by atoms with Gasteiger partial charge in [-0.25, -0.2) is 13.1 Å². The predicted molar refractivity (Wildman–Crippen MR) is 166 cm³/mol. The van der Waals surface area contributed by atoms with Crippen LogP contribution in [0, 0.1) is 0 Å². The van der Waals surface area contributed by atoms with Crippen molar-refractivity contribution in [3.05, 3.63) is 83.9 Å². The number of halogens is 2. The van der Waals surface area contributed by atoms with Crippen LogP contribution in [0.15, 0.2) is 77.7 Å². The summed E-state index contributed by atoms with van der Waals surface area (Å²) < 4.78 is 34.0. The van der Waals surface area contributed by atoms with Gasteiger partial charge in [-0.2, -0.15) is 0 Å². The van der Waals surface area contributed by atoms with Crippen molar-refractivity contribution in [1.82, 2.24) is 10.0 Å². The smallest absolute Gasteiger partial charge is 0.267 e. The highest BCUT2D eigenvalue weighted by molar-refractivity contribution is 7.90. The molecule has 1 saturated carbocycles. The van der Waals surface area contributed by atoms with Gasteiger partial charge in [-0.15, -0.1) is 24.8 Å². The molecule has 0 saturated heterocycles. The summed E-state index contributed by atoms with van der Waals surface area (Å²) in [6.45, 7) is 0.780. The summed E-state index contributed by atoms with van der Waals surface area (Å²) in [5.41, 5.74) is 9.09. The Morgan fingerprint density at radius 1 is 0.951 bits per heavy atom. The molecule has 224 valence electrons. The van der Waals surface area contributed by atoms with Crippen molar-refractivity contribution in [2.75, 3.05) is 19.6 Å². The summed E-state index contributed by atoms with van der Waals surface area (Å²) in [5, 5.41) is 13.6. The minimum absolute atomic E-state index is 0. The highest BCUT2D eigenvalue weighted by Crippen LogP contribution is 2.33. The second-order valence-corrected chi connectivity index (χ2v) is 11.5. The molecule has 0 aromatic heterocycles. The van der Waals surface area contributed by atoms with Gasteiger partial charge >= 0.3 is 0 Å². The number of nitrogens with two attached hydrogens (primary N) is 1. The van der Waals surface area contributed by atoms with Crippen LogP contribution in [0.3, 0.4) is 0 Å². The fraction of sp³-hybridized carbons (Fsp3) is 0.367. The fourth-order valence-electron chi connectivity index (χ4n) is 4.74. The summed E-state index contributed by atoms with van der Waals surface area (Å²) in [6.07, 6.45) is 5.14. The number of sulfonamides is 1. The van der Waals surface area contributed by atoms with Crippen LogP contribution in [0.2, 0.25) is 0 Å². The lowest BCUT2D eigenvalue weighted by atomic mass is 9.97. The first-order valence-corrected chi connectivity index (χ1v) is 14.9. The summed E-state index contributed by atoms with van der Waals surface area (Å²) >= 11 is 0. The lowest BCUT2D eigenvalue weighted by Crippen LogP contribution is -2.35. The molecular formula is C30H39Cl2N3O5S. The molecule has 1 atom stereocenters. The van der Waals surface area contributed by atoms with Gasteiger partial charge in [0, 0.05) is 6.54 Å². The van der Waals surface area contributed by atoms with Crippen LogP contribution in [0.5, 0.6) is 5.75 Å². The van der Waals surface area contributed by atoms with E-state index in [2.05, 4.69) is 5.32 Å². The maximum atomic E-state index is 12.9. The first kappa shape index (κ1) is 34.5. The van der Waals surface area contributed by atoms with E-state index < -0.39 is 28.6 Å². The first-order valence-electron chi connectivity index (χ1n) is 13.4. The average molecular weight is 625 g/mol. The van der Waals surface area contributed by atoms with Crippen LogP contribution in [0.1, 0.15) is 49.3 Å². The van der Waals surface area contributed by atoms with Gasteiger partial charge in [-0.05, 0) is 73.0 Å². The summed E-state index contributed by atoms with van der Waals surface area (Å²) in [7, 11) is -4.12. The van der Waals surface area contributed by atoms with Crippen molar-refractivity contribution in [2.45, 2.75) is 55.6 Å². The number of ether oxygens (including phenoxy) is 1. The number of carbonyl (C=O) groups excluding carboxylic acids is 1. The minimum atomic E-state index is -4.12. The molecule has 0 unspecified atom stereocenters. The Balaban J connectivity index is 0.00000294. The molecule has 3 aromatic carbocycles. The number of benzene rings is 3. The van der Waals surface area contributed by atoms with Crippen LogP contribution in [0.4, 0.5) is 0 Å². The zero-order valence-corrected chi connectivity index (χ0v) is 25.3. The standard InChI is InChI=1S/C30H37N3O5S.2ClH/c31-20-30(35)33-39(36,37)29-16-15-25(19-28(29)38-26-9-5-2-6-10-26)23-13-11-22(12-14-23)17-18-32-21-27(34)24-7-3-1-4-8-24;;/h1,3-4,7-8,11-16,19,26-27,32,34H,2,5-6,9-10,17-18,20-21,31H2,(H,33,35);2*1H/t27-;;/m0../s1. The molecule has 0 bridgehead atoms. The van der Waals surface area contributed by atoms with Crippen LogP contribution >= 0.6 is 24.8 Å². The van der Waals surface area contributed by atoms with Gasteiger partial charge in [0.05, 0.1) is 18.8 Å². The molecule has 8 nitrogen and oxygen atoms in total. The molecule has 1 aliphatic carbocycles. The molecule has 0 heterocycles. The monoisotopic (exact) mass is 623 g/mol. The maximum absolute atomic E-state index is 12.9. The van der Waals surface area contributed by atoms with Crippen LogP contribution in [-0.4, -0.2) is 45.2 Å². The number of aliphatic hydroxyl groups is 1. The quantitative estimate of drug-likeness (QED) is 0.218. The summed E-state index contributed by atoms with van der Waals surface area (Å²) in [6, 6.07) is 22.6. The molecule has 0 spiro atoms. The van der Waals surface area contributed by atoms with E-state index in [0.717, 1.165) is 67.3 Å². The first-order chi connectivity index (χ1) is 18.9. The van der Waals surface area contributed by atoms with Gasteiger partial charge in [0.15, 0.2) is 0 Å². The minimum Gasteiger partial charge on any atom is -0.489 e. The van der Waals surface area contributed by atoms with Gasteiger partial charge in [-0.1, -0.05) is 67.1 Å². The molecule has 0 aliphatic heterocycles. The molecule has 1 fully saturated rings. The lowest BCUT2D eigenvalue weighted by molar-refractivity contribution is -0.118. The predicted octanol–water partition coefficient (Wildman–Crippen LogP) is 4.54. The summed E-state index contributed by atoms with van der Waals surface area (Å²) in [4.78, 5) is 11.7. The Bertz CT molecular complexity index is 1340. The Hall–Kier alpha value is -2.66. The molecule has 3 aromatic rings. The lowest BCUT2D eigenvalue weighted by Gasteiger charge is -2.24. The molecule has 0 radical (unpaired) electrons. The number of aliphatic hydroxyl groups excluding tert-OH is 1. The van der Waals surface area contributed by atoms with Crippen molar-refractivity contribution in [3.8, 4) is 16.9 Å². The molecular weight excluding hydrogens is 585 g/mol. The van der Waals surface area contributed by atoms with E-state index >= 15 is 0 Å². The number of nitrogens with one attached hydrogen (secondary N) is 2. The zero-order chi connectivity index (χ0) is 27.7. The van der Waals surface area contributed by atoms with Crippen molar-refractivity contribution in [2.24, 2.45) is 5.73 Å². The average Bonchev–Trinajstić information content (AvgIpc) is 2.96. The van der Waals surface area contributed by atoms with Crippen molar-refractivity contribution in [1.29, 1.82) is 0 Å².